The molecule has 0 radical (unpaired) electrons. The van der Waals surface area contributed by atoms with Crippen LogP contribution < -0.4 is 0 Å². The Kier molecular flexibility index (Phi) is 6.70. The number of hydrogen-bond acceptors (Lipinski definition) is 2. The molecule has 0 N–H and O–H groups in total. The Morgan fingerprint density at radius 2 is 1.04 bits per heavy atom. The second-order valence-electron chi connectivity index (χ2n) is 13.9. The first-order valence-corrected chi connectivity index (χ1v) is 16.9. The molecule has 3 nitrogen and oxygen atoms in total. The summed E-state index contributed by atoms with van der Waals surface area (Å²) in [6.07, 6.45) is 0. The molecular formula is C46H35N3. The first-order valence-electron chi connectivity index (χ1n) is 16.9. The van der Waals surface area contributed by atoms with Crippen molar-refractivity contribution < 1.29 is 0 Å². The molecule has 3 heteroatoms. The number of benzene rings is 7. The number of nitrogens with zero attached hydrogens (tertiary/aromatic N) is 3. The second-order valence-corrected chi connectivity index (χ2v) is 13.9. The van der Waals surface area contributed by atoms with E-state index in [2.05, 4.69) is 177 Å². The van der Waals surface area contributed by atoms with Crippen LogP contribution in [0.3, 0.4) is 0 Å². The van der Waals surface area contributed by atoms with Gasteiger partial charge in [0.25, 0.3) is 0 Å². The van der Waals surface area contributed by atoms with Crippen molar-refractivity contribution in [2.75, 3.05) is 0 Å². The summed E-state index contributed by atoms with van der Waals surface area (Å²) in [5.41, 5.74) is 11.4. The van der Waals surface area contributed by atoms with E-state index in [1.165, 1.54) is 49.4 Å². The Balaban J connectivity index is 1.20. The van der Waals surface area contributed by atoms with Gasteiger partial charge in [0.05, 0.1) is 22.2 Å². The standard InChI is InChI=1S/C46H35N3/c1-46(2,3)34-16-10-15-33(29-34)36-21-12-14-31-13-11-20-35(43(31)36)30-25-27-32(28-26-30)44-39-19-4-7-22-40(39)47-45(48-44)49-41-23-8-5-17-37(41)38-18-6-9-24-42(38)49/h4-29H,1-3H3. The Bertz CT molecular complexity index is 2630. The molecule has 234 valence electrons. The average Bonchev–Trinajstić information content (AvgIpc) is 3.48. The Morgan fingerprint density at radius 3 is 1.71 bits per heavy atom. The molecule has 0 amide bonds. The second kappa shape index (κ2) is 11.3. The van der Waals surface area contributed by atoms with Crippen LogP contribution in [0, 0.1) is 0 Å². The molecule has 49 heavy (non-hydrogen) atoms. The third kappa shape index (κ3) is 4.89. The normalized spacial score (nSPS) is 12.0. The highest BCUT2D eigenvalue weighted by Gasteiger charge is 2.18. The number of hydrogen-bond donors (Lipinski definition) is 0. The zero-order valence-electron chi connectivity index (χ0n) is 27.9. The molecule has 0 atom stereocenters. The minimum absolute atomic E-state index is 0.0752. The maximum absolute atomic E-state index is 5.30. The highest BCUT2D eigenvalue weighted by Crippen LogP contribution is 2.39. The lowest BCUT2D eigenvalue weighted by atomic mass is 9.84. The maximum Gasteiger partial charge on any atom is 0.235 e. The quantitative estimate of drug-likeness (QED) is 0.194. The van der Waals surface area contributed by atoms with E-state index in [0.717, 1.165) is 33.2 Å². The number of fused-ring (bicyclic) bond motifs is 5. The minimum Gasteiger partial charge on any atom is -0.278 e. The van der Waals surface area contributed by atoms with Gasteiger partial charge >= 0.3 is 0 Å². The highest BCUT2D eigenvalue weighted by molar-refractivity contribution is 6.09. The van der Waals surface area contributed by atoms with E-state index in [1.54, 1.807) is 0 Å². The van der Waals surface area contributed by atoms with Crippen LogP contribution in [0.2, 0.25) is 0 Å². The van der Waals surface area contributed by atoms with Crippen molar-refractivity contribution in [3.63, 3.8) is 0 Å². The van der Waals surface area contributed by atoms with Gasteiger partial charge in [-0.05, 0) is 62.2 Å². The summed E-state index contributed by atoms with van der Waals surface area (Å²) in [6.45, 7) is 6.82. The zero-order chi connectivity index (χ0) is 33.1. The van der Waals surface area contributed by atoms with Gasteiger partial charge in [0, 0.05) is 21.7 Å². The molecular weight excluding hydrogens is 595 g/mol. The van der Waals surface area contributed by atoms with Gasteiger partial charge in [-0.1, -0.05) is 160 Å². The van der Waals surface area contributed by atoms with E-state index in [1.807, 2.05) is 6.07 Å². The average molecular weight is 630 g/mol. The van der Waals surface area contributed by atoms with Gasteiger partial charge in [-0.3, -0.25) is 4.57 Å². The van der Waals surface area contributed by atoms with Crippen molar-refractivity contribution in [2.45, 2.75) is 26.2 Å². The summed E-state index contributed by atoms with van der Waals surface area (Å²) in [6, 6.07) is 56.5. The molecule has 0 unspecified atom stereocenters. The lowest BCUT2D eigenvalue weighted by molar-refractivity contribution is 0.590. The predicted octanol–water partition coefficient (Wildman–Crippen LogP) is 12.2. The number of aromatic nitrogens is 3. The Labute approximate surface area is 286 Å². The number of rotatable bonds is 4. The molecule has 0 aliphatic rings. The van der Waals surface area contributed by atoms with Gasteiger partial charge in [0.15, 0.2) is 0 Å². The SMILES string of the molecule is CC(C)(C)c1cccc(-c2cccc3cccc(-c4ccc(-c5nc(-n6c7ccccc7c7ccccc76)nc6ccccc56)cc4)c23)c1. The topological polar surface area (TPSA) is 30.7 Å². The summed E-state index contributed by atoms with van der Waals surface area (Å²) in [4.78, 5) is 10.4. The van der Waals surface area contributed by atoms with Gasteiger partial charge in [-0.2, -0.15) is 0 Å². The van der Waals surface area contributed by atoms with Crippen molar-refractivity contribution in [1.82, 2.24) is 14.5 Å². The molecule has 0 fully saturated rings. The first kappa shape index (κ1) is 29.1. The van der Waals surface area contributed by atoms with Crippen molar-refractivity contribution >= 4 is 43.5 Å². The molecule has 0 aliphatic heterocycles. The van der Waals surface area contributed by atoms with Crippen molar-refractivity contribution in [3.05, 3.63) is 163 Å². The fourth-order valence-corrected chi connectivity index (χ4v) is 7.31. The monoisotopic (exact) mass is 629 g/mol. The summed E-state index contributed by atoms with van der Waals surface area (Å²) in [5, 5.41) is 5.93. The van der Waals surface area contributed by atoms with Crippen molar-refractivity contribution in [2.24, 2.45) is 0 Å². The summed E-state index contributed by atoms with van der Waals surface area (Å²) in [7, 11) is 0. The maximum atomic E-state index is 5.30. The summed E-state index contributed by atoms with van der Waals surface area (Å²) < 4.78 is 2.20. The Morgan fingerprint density at radius 1 is 0.469 bits per heavy atom. The first-order chi connectivity index (χ1) is 23.9. The van der Waals surface area contributed by atoms with Gasteiger partial charge in [0.2, 0.25) is 5.95 Å². The third-order valence-electron chi connectivity index (χ3n) is 9.79. The molecule has 0 aliphatic carbocycles. The minimum atomic E-state index is 0.0752. The molecule has 7 aromatic carbocycles. The van der Waals surface area contributed by atoms with E-state index < -0.39 is 0 Å². The van der Waals surface area contributed by atoms with Gasteiger partial charge in [-0.15, -0.1) is 0 Å². The molecule has 0 saturated heterocycles. The molecule has 0 bridgehead atoms. The molecule has 0 spiro atoms. The van der Waals surface area contributed by atoms with Gasteiger partial charge in [-0.25, -0.2) is 9.97 Å². The van der Waals surface area contributed by atoms with E-state index >= 15 is 0 Å². The molecule has 9 aromatic rings. The van der Waals surface area contributed by atoms with E-state index in [4.69, 9.17) is 9.97 Å². The highest BCUT2D eigenvalue weighted by atomic mass is 15.2. The van der Waals surface area contributed by atoms with Crippen LogP contribution in [-0.4, -0.2) is 14.5 Å². The molecule has 0 saturated carbocycles. The van der Waals surface area contributed by atoms with Crippen LogP contribution in [-0.2, 0) is 5.41 Å². The van der Waals surface area contributed by atoms with Gasteiger partial charge < -0.3 is 0 Å². The summed E-state index contributed by atoms with van der Waals surface area (Å²) >= 11 is 0. The lowest BCUT2D eigenvalue weighted by Gasteiger charge is -2.20. The van der Waals surface area contributed by atoms with Crippen LogP contribution in [0.1, 0.15) is 26.3 Å². The smallest absolute Gasteiger partial charge is 0.235 e. The summed E-state index contributed by atoms with van der Waals surface area (Å²) in [5.74, 6) is 0.673. The molecule has 9 rings (SSSR count). The lowest BCUT2D eigenvalue weighted by Crippen LogP contribution is -2.10. The largest absolute Gasteiger partial charge is 0.278 e. The number of para-hydroxylation sites is 3. The van der Waals surface area contributed by atoms with Crippen LogP contribution in [0.4, 0.5) is 0 Å². The van der Waals surface area contributed by atoms with Gasteiger partial charge in [0.1, 0.15) is 0 Å². The fourth-order valence-electron chi connectivity index (χ4n) is 7.31. The van der Waals surface area contributed by atoms with Crippen LogP contribution >= 0.6 is 0 Å². The Hall–Kier alpha value is -6.06. The van der Waals surface area contributed by atoms with Crippen LogP contribution in [0.25, 0.3) is 82.9 Å². The van der Waals surface area contributed by atoms with E-state index in [9.17, 15) is 0 Å². The zero-order valence-corrected chi connectivity index (χ0v) is 27.9. The van der Waals surface area contributed by atoms with E-state index in [-0.39, 0.29) is 5.41 Å². The van der Waals surface area contributed by atoms with Crippen LogP contribution in [0.15, 0.2) is 158 Å². The predicted molar refractivity (Wildman–Crippen MR) is 206 cm³/mol. The fraction of sp³-hybridized carbons (Fsp3) is 0.0870. The van der Waals surface area contributed by atoms with Crippen molar-refractivity contribution in [3.8, 4) is 39.5 Å². The molecule has 2 aromatic heterocycles. The van der Waals surface area contributed by atoms with E-state index in [0.29, 0.717) is 5.95 Å². The van der Waals surface area contributed by atoms with Crippen LogP contribution in [0.5, 0.6) is 0 Å². The van der Waals surface area contributed by atoms with Crippen molar-refractivity contribution in [1.29, 1.82) is 0 Å². The third-order valence-corrected chi connectivity index (χ3v) is 9.79. The molecule has 2 heterocycles.